The van der Waals surface area contributed by atoms with Gasteiger partial charge in [0.2, 0.25) is 11.6 Å². The molecule has 1 saturated carbocycles. The smallest absolute Gasteiger partial charge is 0.299 e. The molecule has 126 valence electrons. The van der Waals surface area contributed by atoms with Crippen molar-refractivity contribution >= 4 is 28.8 Å². The molecule has 2 aromatic rings. The predicted octanol–water partition coefficient (Wildman–Crippen LogP) is 1.63. The van der Waals surface area contributed by atoms with Gasteiger partial charge >= 0.3 is 0 Å². The maximum absolute atomic E-state index is 12.1. The van der Waals surface area contributed by atoms with Crippen molar-refractivity contribution in [1.29, 1.82) is 0 Å². The summed E-state index contributed by atoms with van der Waals surface area (Å²) in [6, 6.07) is 2.11. The lowest BCUT2D eigenvalue weighted by atomic mass is 9.96. The van der Waals surface area contributed by atoms with E-state index in [2.05, 4.69) is 15.3 Å². The standard InChI is InChI=1S/C15H17N5O4/c21-14(17-10-1-2-10)9-3-5-19(6-4-9)15-18-13-12(24-15)7-11(8-16-13)20(22)23/h7-10H,1-6H2,(H,17,21). The number of carbonyl (C=O) groups excluding carboxylic acids is 1. The van der Waals surface area contributed by atoms with Gasteiger partial charge in [0.1, 0.15) is 6.20 Å². The quantitative estimate of drug-likeness (QED) is 0.668. The molecule has 0 atom stereocenters. The van der Waals surface area contributed by atoms with Gasteiger partial charge in [0.25, 0.3) is 11.7 Å². The molecule has 3 heterocycles. The van der Waals surface area contributed by atoms with Crippen LogP contribution in [0.3, 0.4) is 0 Å². The van der Waals surface area contributed by atoms with Crippen molar-refractivity contribution in [2.45, 2.75) is 31.7 Å². The third-order valence-corrected chi connectivity index (χ3v) is 4.49. The van der Waals surface area contributed by atoms with Gasteiger partial charge in [0.15, 0.2) is 5.58 Å². The number of oxazole rings is 1. The van der Waals surface area contributed by atoms with Gasteiger partial charge < -0.3 is 14.6 Å². The minimum Gasteiger partial charge on any atom is -0.421 e. The highest BCUT2D eigenvalue weighted by atomic mass is 16.6. The van der Waals surface area contributed by atoms with E-state index in [1.165, 1.54) is 12.3 Å². The van der Waals surface area contributed by atoms with Crippen LogP contribution in [0.15, 0.2) is 16.7 Å². The summed E-state index contributed by atoms with van der Waals surface area (Å²) in [5, 5.41) is 13.8. The highest BCUT2D eigenvalue weighted by Crippen LogP contribution is 2.28. The molecule has 24 heavy (non-hydrogen) atoms. The molecule has 2 aromatic heterocycles. The van der Waals surface area contributed by atoms with E-state index < -0.39 is 4.92 Å². The number of rotatable bonds is 4. The van der Waals surface area contributed by atoms with Gasteiger partial charge in [-0.3, -0.25) is 14.9 Å². The molecule has 1 aliphatic heterocycles. The van der Waals surface area contributed by atoms with Crippen LogP contribution in [0.4, 0.5) is 11.7 Å². The molecular formula is C15H17N5O4. The van der Waals surface area contributed by atoms with Crippen molar-refractivity contribution in [3.8, 4) is 0 Å². The van der Waals surface area contributed by atoms with Crippen LogP contribution in [0, 0.1) is 16.0 Å². The summed E-state index contributed by atoms with van der Waals surface area (Å²) in [5.41, 5.74) is 0.526. The van der Waals surface area contributed by atoms with Crippen molar-refractivity contribution in [2.24, 2.45) is 5.92 Å². The van der Waals surface area contributed by atoms with E-state index >= 15 is 0 Å². The van der Waals surface area contributed by atoms with E-state index in [1.54, 1.807) is 0 Å². The van der Waals surface area contributed by atoms with Crippen molar-refractivity contribution in [3.63, 3.8) is 0 Å². The Balaban J connectivity index is 1.44. The molecule has 9 heteroatoms. The van der Waals surface area contributed by atoms with Crippen LogP contribution in [-0.4, -0.2) is 39.9 Å². The van der Waals surface area contributed by atoms with Crippen LogP contribution in [0.2, 0.25) is 0 Å². The first-order chi connectivity index (χ1) is 11.6. The monoisotopic (exact) mass is 331 g/mol. The Hall–Kier alpha value is -2.71. The highest BCUT2D eigenvalue weighted by Gasteiger charge is 2.31. The van der Waals surface area contributed by atoms with Gasteiger partial charge in [-0.05, 0) is 25.7 Å². The number of piperidine rings is 1. The Labute approximate surface area is 137 Å². The Kier molecular flexibility index (Phi) is 3.55. The van der Waals surface area contributed by atoms with E-state index in [0.717, 1.165) is 25.7 Å². The average molecular weight is 331 g/mol. The summed E-state index contributed by atoms with van der Waals surface area (Å²) in [6.07, 6.45) is 4.83. The second kappa shape index (κ2) is 5.73. The molecule has 0 radical (unpaired) electrons. The fourth-order valence-corrected chi connectivity index (χ4v) is 2.91. The van der Waals surface area contributed by atoms with Crippen LogP contribution in [0.5, 0.6) is 0 Å². The Morgan fingerprint density at radius 2 is 2.08 bits per heavy atom. The predicted molar refractivity (Wildman–Crippen MR) is 84.6 cm³/mol. The zero-order chi connectivity index (χ0) is 16.7. The Morgan fingerprint density at radius 1 is 1.33 bits per heavy atom. The maximum atomic E-state index is 12.1. The van der Waals surface area contributed by atoms with E-state index in [9.17, 15) is 14.9 Å². The molecule has 9 nitrogen and oxygen atoms in total. The highest BCUT2D eigenvalue weighted by molar-refractivity contribution is 5.79. The number of amides is 1. The number of nitro groups is 1. The molecule has 0 spiro atoms. The Bertz CT molecular complexity index is 792. The molecule has 2 aliphatic rings. The lowest BCUT2D eigenvalue weighted by Gasteiger charge is -2.30. The normalized spacial score (nSPS) is 18.8. The number of fused-ring (bicyclic) bond motifs is 1. The number of pyridine rings is 1. The second-order valence-corrected chi connectivity index (χ2v) is 6.31. The first-order valence-corrected chi connectivity index (χ1v) is 8.06. The summed E-state index contributed by atoms with van der Waals surface area (Å²) in [4.78, 5) is 32.6. The van der Waals surface area contributed by atoms with Crippen LogP contribution < -0.4 is 10.2 Å². The largest absolute Gasteiger partial charge is 0.421 e. The third kappa shape index (κ3) is 2.89. The van der Waals surface area contributed by atoms with Gasteiger partial charge in [0, 0.05) is 25.0 Å². The lowest BCUT2D eigenvalue weighted by Crippen LogP contribution is -2.41. The molecule has 1 N–H and O–H groups in total. The molecule has 1 amide bonds. The lowest BCUT2D eigenvalue weighted by molar-refractivity contribution is -0.385. The maximum Gasteiger partial charge on any atom is 0.299 e. The SMILES string of the molecule is O=C(NC1CC1)C1CCN(c2nc3ncc([N+](=O)[O-])cc3o2)CC1. The molecular weight excluding hydrogens is 314 g/mol. The van der Waals surface area contributed by atoms with Crippen LogP contribution in [0.1, 0.15) is 25.7 Å². The summed E-state index contributed by atoms with van der Waals surface area (Å²) in [5.74, 6) is 0.178. The van der Waals surface area contributed by atoms with Gasteiger partial charge in [0.05, 0.1) is 11.0 Å². The molecule has 0 aromatic carbocycles. The van der Waals surface area contributed by atoms with E-state index in [1.807, 2.05) is 4.90 Å². The van der Waals surface area contributed by atoms with Crippen LogP contribution in [-0.2, 0) is 4.79 Å². The molecule has 1 saturated heterocycles. The second-order valence-electron chi connectivity index (χ2n) is 6.31. The van der Waals surface area contributed by atoms with Gasteiger partial charge in [-0.2, -0.15) is 4.98 Å². The van der Waals surface area contributed by atoms with Crippen LogP contribution >= 0.6 is 0 Å². The van der Waals surface area contributed by atoms with E-state index in [-0.39, 0.29) is 17.5 Å². The summed E-state index contributed by atoms with van der Waals surface area (Å²) in [6.45, 7) is 1.33. The minimum atomic E-state index is -0.515. The molecule has 1 aliphatic carbocycles. The number of carbonyl (C=O) groups is 1. The number of hydrogen-bond donors (Lipinski definition) is 1. The zero-order valence-electron chi connectivity index (χ0n) is 13.0. The third-order valence-electron chi connectivity index (χ3n) is 4.49. The zero-order valence-corrected chi connectivity index (χ0v) is 13.0. The van der Waals surface area contributed by atoms with Gasteiger partial charge in [-0.25, -0.2) is 4.98 Å². The van der Waals surface area contributed by atoms with Crippen molar-refractivity contribution in [3.05, 3.63) is 22.4 Å². The fourth-order valence-electron chi connectivity index (χ4n) is 2.91. The number of nitrogens with zero attached hydrogens (tertiary/aromatic N) is 4. The van der Waals surface area contributed by atoms with Crippen molar-refractivity contribution in [2.75, 3.05) is 18.0 Å². The molecule has 4 rings (SSSR count). The first kappa shape index (κ1) is 14.9. The summed E-state index contributed by atoms with van der Waals surface area (Å²) < 4.78 is 5.62. The summed E-state index contributed by atoms with van der Waals surface area (Å²) in [7, 11) is 0. The molecule has 0 unspecified atom stereocenters. The topological polar surface area (TPSA) is 114 Å². The van der Waals surface area contributed by atoms with Gasteiger partial charge in [-0.15, -0.1) is 0 Å². The van der Waals surface area contributed by atoms with E-state index in [0.29, 0.717) is 36.4 Å². The number of anilines is 1. The minimum absolute atomic E-state index is 0.0328. The molecule has 0 bridgehead atoms. The average Bonchev–Trinajstić information content (AvgIpc) is 3.29. The van der Waals surface area contributed by atoms with Crippen molar-refractivity contribution < 1.29 is 14.1 Å². The first-order valence-electron chi connectivity index (χ1n) is 8.06. The number of nitrogens with one attached hydrogen (secondary N) is 1. The number of hydrogen-bond acceptors (Lipinski definition) is 7. The van der Waals surface area contributed by atoms with Crippen molar-refractivity contribution in [1.82, 2.24) is 15.3 Å². The van der Waals surface area contributed by atoms with Crippen LogP contribution in [0.25, 0.3) is 11.2 Å². The molecule has 2 fully saturated rings. The summed E-state index contributed by atoms with van der Waals surface area (Å²) >= 11 is 0. The van der Waals surface area contributed by atoms with E-state index in [4.69, 9.17) is 4.42 Å². The Morgan fingerprint density at radius 3 is 2.75 bits per heavy atom. The number of aromatic nitrogens is 2. The van der Waals surface area contributed by atoms with Gasteiger partial charge in [-0.1, -0.05) is 0 Å². The fraction of sp³-hybridized carbons (Fsp3) is 0.533.